The molecule has 0 aliphatic carbocycles. The largest absolute Gasteiger partial charge is 0.384 e. The molecule has 2 heterocycles. The van der Waals surface area contributed by atoms with Crippen molar-refractivity contribution in [3.63, 3.8) is 0 Å². The molecule has 0 bridgehead atoms. The molecule has 3 heteroatoms. The summed E-state index contributed by atoms with van der Waals surface area (Å²) in [6.45, 7) is 4.15. The first-order chi connectivity index (χ1) is 7.90. The zero-order valence-corrected chi connectivity index (χ0v) is 9.40. The lowest BCUT2D eigenvalue weighted by atomic mass is 10.1. The maximum atomic E-state index is 4.23. The lowest BCUT2D eigenvalue weighted by molar-refractivity contribution is 0.769. The van der Waals surface area contributed by atoms with Crippen LogP contribution in [-0.4, -0.2) is 16.1 Å². The van der Waals surface area contributed by atoms with Crippen LogP contribution in [0.15, 0.2) is 30.7 Å². The quantitative estimate of drug-likeness (QED) is 0.830. The second kappa shape index (κ2) is 3.67. The van der Waals surface area contributed by atoms with Crippen molar-refractivity contribution in [2.45, 2.75) is 19.9 Å². The molecule has 1 N–H and O–H groups in total. The van der Waals surface area contributed by atoms with Crippen molar-refractivity contribution in [2.75, 3.05) is 11.9 Å². The average molecular weight is 213 g/mol. The van der Waals surface area contributed by atoms with Crippen molar-refractivity contribution in [1.82, 2.24) is 9.55 Å². The van der Waals surface area contributed by atoms with E-state index in [1.54, 1.807) is 0 Å². The van der Waals surface area contributed by atoms with E-state index in [1.807, 2.05) is 12.5 Å². The molecule has 0 radical (unpaired) electrons. The van der Waals surface area contributed by atoms with Crippen LogP contribution in [0.2, 0.25) is 0 Å². The van der Waals surface area contributed by atoms with Gasteiger partial charge in [-0.3, -0.25) is 0 Å². The first-order valence-electron chi connectivity index (χ1n) is 5.76. The van der Waals surface area contributed by atoms with Gasteiger partial charge in [-0.2, -0.15) is 0 Å². The molecule has 1 aromatic heterocycles. The fourth-order valence-electron chi connectivity index (χ4n) is 2.35. The molecule has 0 unspecified atom stereocenters. The van der Waals surface area contributed by atoms with Gasteiger partial charge in [0.1, 0.15) is 0 Å². The fourth-order valence-corrected chi connectivity index (χ4v) is 2.35. The molecule has 3 rings (SSSR count). The van der Waals surface area contributed by atoms with Gasteiger partial charge in [0.15, 0.2) is 0 Å². The second-order valence-electron chi connectivity index (χ2n) is 4.08. The van der Waals surface area contributed by atoms with Crippen molar-refractivity contribution >= 4 is 5.69 Å². The number of benzene rings is 1. The fraction of sp³-hybridized carbons (Fsp3) is 0.308. The molecular formula is C13H15N3. The van der Waals surface area contributed by atoms with E-state index in [1.165, 1.54) is 22.5 Å². The van der Waals surface area contributed by atoms with Gasteiger partial charge in [0, 0.05) is 24.3 Å². The molecule has 0 fully saturated rings. The van der Waals surface area contributed by atoms with Crippen LogP contribution in [0.4, 0.5) is 5.69 Å². The van der Waals surface area contributed by atoms with E-state index in [-0.39, 0.29) is 0 Å². The molecule has 0 saturated carbocycles. The lowest BCUT2D eigenvalue weighted by Gasteiger charge is -2.10. The Morgan fingerprint density at radius 1 is 1.44 bits per heavy atom. The number of rotatable bonds is 2. The molecule has 0 atom stereocenters. The van der Waals surface area contributed by atoms with Gasteiger partial charge in [0.2, 0.25) is 0 Å². The molecule has 0 spiro atoms. The van der Waals surface area contributed by atoms with E-state index >= 15 is 0 Å². The highest BCUT2D eigenvalue weighted by Gasteiger charge is 2.16. The highest BCUT2D eigenvalue weighted by Crippen LogP contribution is 2.33. The van der Waals surface area contributed by atoms with E-state index < -0.39 is 0 Å². The highest BCUT2D eigenvalue weighted by molar-refractivity contribution is 5.79. The Labute approximate surface area is 95.1 Å². The van der Waals surface area contributed by atoms with Crippen LogP contribution in [0.3, 0.4) is 0 Å². The van der Waals surface area contributed by atoms with Crippen molar-refractivity contribution in [3.8, 4) is 11.3 Å². The number of hydrogen-bond acceptors (Lipinski definition) is 2. The zero-order valence-electron chi connectivity index (χ0n) is 9.40. The van der Waals surface area contributed by atoms with E-state index in [0.29, 0.717) is 0 Å². The summed E-state index contributed by atoms with van der Waals surface area (Å²) in [6, 6.07) is 6.50. The minimum absolute atomic E-state index is 0.957. The number of para-hydroxylation sites is 1. The highest BCUT2D eigenvalue weighted by atomic mass is 15.0. The summed E-state index contributed by atoms with van der Waals surface area (Å²) in [7, 11) is 0. The van der Waals surface area contributed by atoms with E-state index in [0.717, 1.165) is 19.5 Å². The van der Waals surface area contributed by atoms with E-state index in [2.05, 4.69) is 40.0 Å². The number of nitrogens with one attached hydrogen (secondary N) is 1. The maximum absolute atomic E-state index is 4.23. The third-order valence-corrected chi connectivity index (χ3v) is 3.18. The first-order valence-corrected chi connectivity index (χ1v) is 5.76. The second-order valence-corrected chi connectivity index (χ2v) is 4.08. The Balaban J connectivity index is 2.17. The van der Waals surface area contributed by atoms with Gasteiger partial charge in [0.05, 0.1) is 18.2 Å². The van der Waals surface area contributed by atoms with E-state index in [4.69, 9.17) is 0 Å². The number of anilines is 1. The standard InChI is InChI=1S/C13H15N3/c1-2-16-9-14-8-12(16)11-5-3-4-10-6-7-15-13(10)11/h3-5,8-9,15H,2,6-7H2,1H3. The Morgan fingerprint density at radius 3 is 3.25 bits per heavy atom. The van der Waals surface area contributed by atoms with E-state index in [9.17, 15) is 0 Å². The molecule has 82 valence electrons. The zero-order chi connectivity index (χ0) is 11.0. The number of aryl methyl sites for hydroxylation is 1. The Bertz CT molecular complexity index is 514. The molecule has 3 nitrogen and oxygen atoms in total. The summed E-state index contributed by atoms with van der Waals surface area (Å²) in [6.07, 6.45) is 4.96. The van der Waals surface area contributed by atoms with Gasteiger partial charge in [-0.25, -0.2) is 4.98 Å². The Morgan fingerprint density at radius 2 is 2.38 bits per heavy atom. The minimum Gasteiger partial charge on any atom is -0.384 e. The van der Waals surface area contributed by atoms with Crippen LogP contribution in [-0.2, 0) is 13.0 Å². The minimum atomic E-state index is 0.957. The van der Waals surface area contributed by atoms with Crippen molar-refractivity contribution in [1.29, 1.82) is 0 Å². The molecular weight excluding hydrogens is 198 g/mol. The Hall–Kier alpha value is -1.77. The van der Waals surface area contributed by atoms with Gasteiger partial charge >= 0.3 is 0 Å². The van der Waals surface area contributed by atoms with Gasteiger partial charge < -0.3 is 9.88 Å². The number of imidazole rings is 1. The van der Waals surface area contributed by atoms with Crippen LogP contribution in [0.1, 0.15) is 12.5 Å². The number of hydrogen-bond donors (Lipinski definition) is 1. The molecule has 1 aliphatic rings. The van der Waals surface area contributed by atoms with Crippen molar-refractivity contribution in [2.24, 2.45) is 0 Å². The average Bonchev–Trinajstić information content (AvgIpc) is 2.96. The summed E-state index contributed by atoms with van der Waals surface area (Å²) < 4.78 is 2.18. The monoisotopic (exact) mass is 213 g/mol. The van der Waals surface area contributed by atoms with Crippen molar-refractivity contribution in [3.05, 3.63) is 36.3 Å². The molecule has 0 amide bonds. The van der Waals surface area contributed by atoms with Crippen LogP contribution in [0, 0.1) is 0 Å². The molecule has 1 aliphatic heterocycles. The lowest BCUT2D eigenvalue weighted by Crippen LogP contribution is -1.98. The van der Waals surface area contributed by atoms with Crippen LogP contribution < -0.4 is 5.32 Å². The van der Waals surface area contributed by atoms with Crippen LogP contribution in [0.5, 0.6) is 0 Å². The van der Waals surface area contributed by atoms with Gasteiger partial charge in [0.25, 0.3) is 0 Å². The summed E-state index contributed by atoms with van der Waals surface area (Å²) in [5.74, 6) is 0. The third kappa shape index (κ3) is 1.32. The third-order valence-electron chi connectivity index (χ3n) is 3.18. The normalized spacial score (nSPS) is 13.6. The SMILES string of the molecule is CCn1cncc1-c1cccc2c1NCC2. The Kier molecular flexibility index (Phi) is 2.17. The topological polar surface area (TPSA) is 29.9 Å². The summed E-state index contributed by atoms with van der Waals surface area (Å²) in [4.78, 5) is 4.23. The molecule has 2 aromatic rings. The summed E-state index contributed by atoms with van der Waals surface area (Å²) >= 11 is 0. The maximum Gasteiger partial charge on any atom is 0.0950 e. The summed E-state index contributed by atoms with van der Waals surface area (Å²) in [5, 5.41) is 3.47. The van der Waals surface area contributed by atoms with Gasteiger partial charge in [-0.05, 0) is 18.9 Å². The smallest absolute Gasteiger partial charge is 0.0950 e. The predicted molar refractivity (Wildman–Crippen MR) is 65.5 cm³/mol. The van der Waals surface area contributed by atoms with Crippen LogP contribution >= 0.6 is 0 Å². The molecule has 0 saturated heterocycles. The first kappa shape index (κ1) is 9.46. The van der Waals surface area contributed by atoms with Gasteiger partial charge in [-0.1, -0.05) is 18.2 Å². The predicted octanol–water partition coefficient (Wildman–Crippen LogP) is 2.54. The number of fused-ring (bicyclic) bond motifs is 1. The number of nitrogens with zero attached hydrogens (tertiary/aromatic N) is 2. The number of aromatic nitrogens is 2. The molecule has 1 aromatic carbocycles. The van der Waals surface area contributed by atoms with Crippen molar-refractivity contribution < 1.29 is 0 Å². The van der Waals surface area contributed by atoms with Crippen LogP contribution in [0.25, 0.3) is 11.3 Å². The summed E-state index contributed by atoms with van der Waals surface area (Å²) in [5.41, 5.74) is 5.18. The molecule has 16 heavy (non-hydrogen) atoms. The van der Waals surface area contributed by atoms with Gasteiger partial charge in [-0.15, -0.1) is 0 Å².